The van der Waals surface area contributed by atoms with Gasteiger partial charge in [0.1, 0.15) is 10.8 Å². The number of aromatic nitrogens is 1. The van der Waals surface area contributed by atoms with Crippen molar-refractivity contribution in [1.29, 1.82) is 0 Å². The standard InChI is InChI=1S/C11H15N3S/c1-7(8-4-5-8)14-11-9(10(12)15)3-2-6-13-11/h2-3,6-8H,4-5H2,1H3,(H2,12,15)(H,13,14). The Kier molecular flexibility index (Phi) is 2.86. The number of pyridine rings is 1. The van der Waals surface area contributed by atoms with E-state index in [0.29, 0.717) is 11.0 Å². The van der Waals surface area contributed by atoms with Crippen molar-refractivity contribution < 1.29 is 0 Å². The van der Waals surface area contributed by atoms with Crippen molar-refractivity contribution in [3.63, 3.8) is 0 Å². The average molecular weight is 221 g/mol. The quantitative estimate of drug-likeness (QED) is 0.763. The molecule has 0 radical (unpaired) electrons. The predicted octanol–water partition coefficient (Wildman–Crippen LogP) is 1.93. The molecule has 4 heteroatoms. The Morgan fingerprint density at radius 3 is 3.00 bits per heavy atom. The zero-order valence-electron chi connectivity index (χ0n) is 8.73. The van der Waals surface area contributed by atoms with Crippen LogP contribution in [0.2, 0.25) is 0 Å². The van der Waals surface area contributed by atoms with Crippen molar-refractivity contribution in [2.75, 3.05) is 5.32 Å². The van der Waals surface area contributed by atoms with E-state index in [1.807, 2.05) is 12.1 Å². The van der Waals surface area contributed by atoms with Gasteiger partial charge in [0, 0.05) is 12.2 Å². The number of nitrogens with two attached hydrogens (primary N) is 1. The van der Waals surface area contributed by atoms with E-state index in [-0.39, 0.29) is 0 Å². The lowest BCUT2D eigenvalue weighted by atomic mass is 10.2. The summed E-state index contributed by atoms with van der Waals surface area (Å²) in [6, 6.07) is 4.20. The maximum atomic E-state index is 5.63. The van der Waals surface area contributed by atoms with Crippen LogP contribution in [0, 0.1) is 5.92 Å². The number of hydrogen-bond donors (Lipinski definition) is 2. The maximum absolute atomic E-state index is 5.63. The molecule has 1 heterocycles. The Bertz CT molecular complexity index is 374. The van der Waals surface area contributed by atoms with Crippen molar-refractivity contribution >= 4 is 23.0 Å². The first-order valence-electron chi connectivity index (χ1n) is 5.20. The molecular formula is C11H15N3S. The number of hydrogen-bond acceptors (Lipinski definition) is 3. The lowest BCUT2D eigenvalue weighted by Gasteiger charge is -2.15. The summed E-state index contributed by atoms with van der Waals surface area (Å²) in [5.41, 5.74) is 6.47. The number of nitrogens with zero attached hydrogens (tertiary/aromatic N) is 1. The van der Waals surface area contributed by atoms with Crippen LogP contribution in [0.3, 0.4) is 0 Å². The van der Waals surface area contributed by atoms with Gasteiger partial charge in [-0.15, -0.1) is 0 Å². The summed E-state index contributed by atoms with van der Waals surface area (Å²) in [5.74, 6) is 1.59. The highest BCUT2D eigenvalue weighted by Gasteiger charge is 2.28. The third-order valence-corrected chi connectivity index (χ3v) is 2.99. The highest BCUT2D eigenvalue weighted by atomic mass is 32.1. The van der Waals surface area contributed by atoms with Crippen LogP contribution < -0.4 is 11.1 Å². The van der Waals surface area contributed by atoms with E-state index in [1.54, 1.807) is 6.20 Å². The first-order valence-corrected chi connectivity index (χ1v) is 5.60. The van der Waals surface area contributed by atoms with Crippen molar-refractivity contribution in [2.45, 2.75) is 25.8 Å². The number of anilines is 1. The van der Waals surface area contributed by atoms with Gasteiger partial charge < -0.3 is 11.1 Å². The fraction of sp³-hybridized carbons (Fsp3) is 0.455. The summed E-state index contributed by atoms with van der Waals surface area (Å²) in [4.78, 5) is 4.67. The molecule has 0 aliphatic heterocycles. The maximum Gasteiger partial charge on any atom is 0.136 e. The minimum absolute atomic E-state index is 0.397. The third-order valence-electron chi connectivity index (χ3n) is 2.77. The average Bonchev–Trinajstić information content (AvgIpc) is 3.01. The summed E-state index contributed by atoms with van der Waals surface area (Å²) in [5, 5.41) is 3.38. The van der Waals surface area contributed by atoms with E-state index in [2.05, 4.69) is 17.2 Å². The van der Waals surface area contributed by atoms with Crippen LogP contribution in [-0.4, -0.2) is 16.0 Å². The van der Waals surface area contributed by atoms with Gasteiger partial charge in [0.15, 0.2) is 0 Å². The van der Waals surface area contributed by atoms with E-state index >= 15 is 0 Å². The Morgan fingerprint density at radius 1 is 1.67 bits per heavy atom. The molecule has 1 fully saturated rings. The van der Waals surface area contributed by atoms with Crippen LogP contribution in [0.1, 0.15) is 25.3 Å². The monoisotopic (exact) mass is 221 g/mol. The largest absolute Gasteiger partial charge is 0.389 e. The number of thiocarbonyl (C=S) groups is 1. The summed E-state index contributed by atoms with van der Waals surface area (Å²) >= 11 is 4.98. The molecule has 1 aromatic heterocycles. The van der Waals surface area contributed by atoms with E-state index < -0.39 is 0 Å². The Balaban J connectivity index is 2.15. The van der Waals surface area contributed by atoms with Gasteiger partial charge in [0.2, 0.25) is 0 Å². The molecule has 1 aromatic rings. The molecular weight excluding hydrogens is 206 g/mol. The highest BCUT2D eigenvalue weighted by Crippen LogP contribution is 2.34. The molecule has 3 nitrogen and oxygen atoms in total. The number of nitrogens with one attached hydrogen (secondary N) is 1. The van der Waals surface area contributed by atoms with E-state index in [0.717, 1.165) is 17.3 Å². The molecule has 1 saturated carbocycles. The van der Waals surface area contributed by atoms with Gasteiger partial charge in [-0.3, -0.25) is 0 Å². The Hall–Kier alpha value is -1.16. The van der Waals surface area contributed by atoms with Crippen molar-refractivity contribution in [2.24, 2.45) is 11.7 Å². The predicted molar refractivity (Wildman–Crippen MR) is 65.9 cm³/mol. The second kappa shape index (κ2) is 4.14. The van der Waals surface area contributed by atoms with Crippen molar-refractivity contribution in [3.05, 3.63) is 23.9 Å². The van der Waals surface area contributed by atoms with E-state index in [1.165, 1.54) is 12.8 Å². The van der Waals surface area contributed by atoms with Crippen LogP contribution in [0.25, 0.3) is 0 Å². The van der Waals surface area contributed by atoms with Gasteiger partial charge in [-0.1, -0.05) is 12.2 Å². The van der Waals surface area contributed by atoms with Crippen LogP contribution in [-0.2, 0) is 0 Å². The van der Waals surface area contributed by atoms with Crippen LogP contribution in [0.5, 0.6) is 0 Å². The summed E-state index contributed by atoms with van der Waals surface area (Å²) in [7, 11) is 0. The van der Waals surface area contributed by atoms with Gasteiger partial charge in [-0.2, -0.15) is 0 Å². The molecule has 15 heavy (non-hydrogen) atoms. The third kappa shape index (κ3) is 2.45. The fourth-order valence-corrected chi connectivity index (χ4v) is 1.81. The van der Waals surface area contributed by atoms with Gasteiger partial charge in [0.05, 0.1) is 5.56 Å². The van der Waals surface area contributed by atoms with Gasteiger partial charge >= 0.3 is 0 Å². The molecule has 1 atom stereocenters. The lowest BCUT2D eigenvalue weighted by molar-refractivity contribution is 0.690. The second-order valence-electron chi connectivity index (χ2n) is 4.03. The lowest BCUT2D eigenvalue weighted by Crippen LogP contribution is -2.21. The zero-order chi connectivity index (χ0) is 10.8. The molecule has 0 saturated heterocycles. The zero-order valence-corrected chi connectivity index (χ0v) is 9.55. The van der Waals surface area contributed by atoms with Crippen molar-refractivity contribution in [3.8, 4) is 0 Å². The van der Waals surface area contributed by atoms with Gasteiger partial charge in [-0.05, 0) is 37.8 Å². The first kappa shape index (κ1) is 10.4. The normalized spacial score (nSPS) is 17.1. The number of rotatable bonds is 4. The second-order valence-corrected chi connectivity index (χ2v) is 4.47. The smallest absolute Gasteiger partial charge is 0.136 e. The first-order chi connectivity index (χ1) is 7.18. The Morgan fingerprint density at radius 2 is 2.40 bits per heavy atom. The van der Waals surface area contributed by atoms with Crippen LogP contribution in [0.4, 0.5) is 5.82 Å². The van der Waals surface area contributed by atoms with Crippen LogP contribution in [0.15, 0.2) is 18.3 Å². The molecule has 0 bridgehead atoms. The molecule has 1 aliphatic carbocycles. The summed E-state index contributed by atoms with van der Waals surface area (Å²) in [6.07, 6.45) is 4.37. The minimum atomic E-state index is 0.397. The van der Waals surface area contributed by atoms with E-state index in [4.69, 9.17) is 18.0 Å². The molecule has 2 rings (SSSR count). The van der Waals surface area contributed by atoms with Crippen molar-refractivity contribution in [1.82, 2.24) is 4.98 Å². The summed E-state index contributed by atoms with van der Waals surface area (Å²) < 4.78 is 0. The fourth-order valence-electron chi connectivity index (χ4n) is 1.65. The molecule has 0 amide bonds. The molecule has 1 aliphatic rings. The summed E-state index contributed by atoms with van der Waals surface area (Å²) in [6.45, 7) is 2.18. The molecule has 3 N–H and O–H groups in total. The molecule has 80 valence electrons. The van der Waals surface area contributed by atoms with E-state index in [9.17, 15) is 0 Å². The van der Waals surface area contributed by atoms with Crippen LogP contribution >= 0.6 is 12.2 Å². The van der Waals surface area contributed by atoms with Gasteiger partial charge in [-0.25, -0.2) is 4.98 Å². The molecule has 0 aromatic carbocycles. The minimum Gasteiger partial charge on any atom is -0.389 e. The van der Waals surface area contributed by atoms with Gasteiger partial charge in [0.25, 0.3) is 0 Å². The molecule has 0 spiro atoms. The molecule has 1 unspecified atom stereocenters. The highest BCUT2D eigenvalue weighted by molar-refractivity contribution is 7.80. The Labute approximate surface area is 95.1 Å². The SMILES string of the molecule is CC(Nc1ncccc1C(N)=S)C1CC1. The topological polar surface area (TPSA) is 50.9 Å².